The first-order chi connectivity index (χ1) is 9.15. The number of nitrogens with zero attached hydrogens (tertiary/aromatic N) is 1. The number of ether oxygens (including phenoxy) is 1. The van der Waals surface area contributed by atoms with Crippen LogP contribution in [-0.4, -0.2) is 30.6 Å². The number of hydrogen-bond acceptors (Lipinski definition) is 3. The maximum Gasteiger partial charge on any atom is 0.254 e. The SMILES string of the molecule is CCCCOCCCNC(=O)c1cc(Br)cnc1Cl. The van der Waals surface area contributed by atoms with Crippen LogP contribution >= 0.6 is 27.5 Å². The first kappa shape index (κ1) is 16.4. The van der Waals surface area contributed by atoms with Crippen LogP contribution in [-0.2, 0) is 4.74 Å². The molecule has 0 aliphatic heterocycles. The molecule has 0 atom stereocenters. The Labute approximate surface area is 127 Å². The smallest absolute Gasteiger partial charge is 0.254 e. The number of nitrogens with one attached hydrogen (secondary N) is 1. The molecule has 1 amide bonds. The summed E-state index contributed by atoms with van der Waals surface area (Å²) in [4.78, 5) is 15.8. The van der Waals surface area contributed by atoms with Gasteiger partial charge in [-0.25, -0.2) is 4.98 Å². The van der Waals surface area contributed by atoms with Crippen LogP contribution < -0.4 is 5.32 Å². The number of aromatic nitrogens is 1. The number of carbonyl (C=O) groups excluding carboxylic acids is 1. The Morgan fingerprint density at radius 1 is 1.47 bits per heavy atom. The molecule has 0 saturated carbocycles. The molecule has 0 aromatic carbocycles. The van der Waals surface area contributed by atoms with E-state index in [9.17, 15) is 4.79 Å². The van der Waals surface area contributed by atoms with E-state index < -0.39 is 0 Å². The molecule has 0 aliphatic carbocycles. The van der Waals surface area contributed by atoms with E-state index in [4.69, 9.17) is 16.3 Å². The van der Waals surface area contributed by atoms with Crippen LogP contribution in [0, 0.1) is 0 Å². The molecule has 0 fully saturated rings. The van der Waals surface area contributed by atoms with Gasteiger partial charge in [0.2, 0.25) is 0 Å². The van der Waals surface area contributed by atoms with Crippen LogP contribution in [0.25, 0.3) is 0 Å². The maximum atomic E-state index is 11.9. The van der Waals surface area contributed by atoms with E-state index in [1.54, 1.807) is 12.3 Å². The molecule has 1 N–H and O–H groups in total. The van der Waals surface area contributed by atoms with Gasteiger partial charge in [0.15, 0.2) is 0 Å². The third-order valence-electron chi connectivity index (χ3n) is 2.44. The fraction of sp³-hybridized carbons (Fsp3) is 0.538. The Morgan fingerprint density at radius 3 is 2.95 bits per heavy atom. The minimum atomic E-state index is -0.215. The van der Waals surface area contributed by atoms with Crippen molar-refractivity contribution >= 4 is 33.4 Å². The molecule has 1 heterocycles. The van der Waals surface area contributed by atoms with Crippen molar-refractivity contribution in [3.05, 3.63) is 27.5 Å². The van der Waals surface area contributed by atoms with Gasteiger partial charge in [0.25, 0.3) is 5.91 Å². The fourth-order valence-electron chi connectivity index (χ4n) is 1.40. The van der Waals surface area contributed by atoms with Crippen molar-refractivity contribution in [1.82, 2.24) is 10.3 Å². The zero-order valence-electron chi connectivity index (χ0n) is 10.9. The van der Waals surface area contributed by atoms with Gasteiger partial charge < -0.3 is 10.1 Å². The summed E-state index contributed by atoms with van der Waals surface area (Å²) in [6.45, 7) is 4.13. The van der Waals surface area contributed by atoms with Gasteiger partial charge >= 0.3 is 0 Å². The zero-order chi connectivity index (χ0) is 14.1. The van der Waals surface area contributed by atoms with Gasteiger partial charge in [-0.05, 0) is 34.8 Å². The van der Waals surface area contributed by atoms with Crippen molar-refractivity contribution in [2.24, 2.45) is 0 Å². The number of hydrogen-bond donors (Lipinski definition) is 1. The summed E-state index contributed by atoms with van der Waals surface area (Å²) in [5.74, 6) is -0.215. The van der Waals surface area contributed by atoms with Gasteiger partial charge in [0.1, 0.15) is 5.15 Å². The quantitative estimate of drug-likeness (QED) is 0.578. The molecule has 106 valence electrons. The van der Waals surface area contributed by atoms with Crippen molar-refractivity contribution in [2.75, 3.05) is 19.8 Å². The van der Waals surface area contributed by atoms with Crippen LogP contribution in [0.2, 0.25) is 5.15 Å². The molecular formula is C13H18BrClN2O2. The van der Waals surface area contributed by atoms with E-state index in [1.165, 1.54) is 0 Å². The fourth-order valence-corrected chi connectivity index (χ4v) is 1.92. The largest absolute Gasteiger partial charge is 0.381 e. The van der Waals surface area contributed by atoms with Crippen LogP contribution in [0.4, 0.5) is 0 Å². The van der Waals surface area contributed by atoms with Gasteiger partial charge in [0, 0.05) is 30.4 Å². The Bertz CT molecular complexity index is 416. The molecule has 4 nitrogen and oxygen atoms in total. The number of halogens is 2. The molecule has 19 heavy (non-hydrogen) atoms. The third kappa shape index (κ3) is 6.36. The topological polar surface area (TPSA) is 51.2 Å². The summed E-state index contributed by atoms with van der Waals surface area (Å²) >= 11 is 9.13. The average Bonchev–Trinajstić information content (AvgIpc) is 2.40. The van der Waals surface area contributed by atoms with E-state index in [1.807, 2.05) is 0 Å². The van der Waals surface area contributed by atoms with Crippen molar-refractivity contribution in [2.45, 2.75) is 26.2 Å². The number of rotatable bonds is 8. The monoisotopic (exact) mass is 348 g/mol. The Balaban J connectivity index is 2.26. The molecule has 0 unspecified atom stereocenters. The van der Waals surface area contributed by atoms with Crippen LogP contribution in [0.5, 0.6) is 0 Å². The molecule has 1 rings (SSSR count). The lowest BCUT2D eigenvalue weighted by molar-refractivity contribution is 0.0940. The van der Waals surface area contributed by atoms with Gasteiger partial charge in [-0.3, -0.25) is 4.79 Å². The second kappa shape index (κ2) is 9.28. The maximum absolute atomic E-state index is 11.9. The first-order valence-corrected chi connectivity index (χ1v) is 7.49. The molecule has 0 aliphatic rings. The highest BCUT2D eigenvalue weighted by atomic mass is 79.9. The lowest BCUT2D eigenvalue weighted by atomic mass is 10.2. The highest BCUT2D eigenvalue weighted by molar-refractivity contribution is 9.10. The number of carbonyl (C=O) groups is 1. The Hall–Kier alpha value is -0.650. The molecule has 0 bridgehead atoms. The molecule has 1 aromatic heterocycles. The second-order valence-electron chi connectivity index (χ2n) is 4.07. The Kier molecular flexibility index (Phi) is 8.02. The standard InChI is InChI=1S/C13H18BrClN2O2/c1-2-3-6-19-7-4-5-16-13(18)11-8-10(14)9-17-12(11)15/h8-9H,2-7H2,1H3,(H,16,18). The molecule has 1 aromatic rings. The average molecular weight is 350 g/mol. The molecule has 0 spiro atoms. The summed E-state index contributed by atoms with van der Waals surface area (Å²) < 4.78 is 6.13. The number of pyridine rings is 1. The second-order valence-corrected chi connectivity index (χ2v) is 5.34. The molecule has 0 saturated heterocycles. The van der Waals surface area contributed by atoms with Crippen molar-refractivity contribution in [1.29, 1.82) is 0 Å². The highest BCUT2D eigenvalue weighted by Gasteiger charge is 2.11. The predicted molar refractivity (Wildman–Crippen MR) is 79.6 cm³/mol. The Morgan fingerprint density at radius 2 is 2.21 bits per heavy atom. The van der Waals surface area contributed by atoms with E-state index in [0.717, 1.165) is 30.3 Å². The van der Waals surface area contributed by atoms with Crippen LogP contribution in [0.15, 0.2) is 16.7 Å². The van der Waals surface area contributed by atoms with Crippen LogP contribution in [0.1, 0.15) is 36.5 Å². The van der Waals surface area contributed by atoms with E-state index in [0.29, 0.717) is 18.7 Å². The van der Waals surface area contributed by atoms with Gasteiger partial charge in [-0.2, -0.15) is 0 Å². The summed E-state index contributed by atoms with van der Waals surface area (Å²) in [5, 5.41) is 3.00. The molecular weight excluding hydrogens is 332 g/mol. The van der Waals surface area contributed by atoms with Gasteiger partial charge in [-0.15, -0.1) is 0 Å². The third-order valence-corrected chi connectivity index (χ3v) is 3.18. The van der Waals surface area contributed by atoms with E-state index >= 15 is 0 Å². The van der Waals surface area contributed by atoms with E-state index in [-0.39, 0.29) is 11.1 Å². The minimum absolute atomic E-state index is 0.208. The summed E-state index contributed by atoms with van der Waals surface area (Å²) in [6.07, 6.45) is 4.55. The summed E-state index contributed by atoms with van der Waals surface area (Å²) in [7, 11) is 0. The zero-order valence-corrected chi connectivity index (χ0v) is 13.3. The van der Waals surface area contributed by atoms with Gasteiger partial charge in [-0.1, -0.05) is 24.9 Å². The first-order valence-electron chi connectivity index (χ1n) is 6.32. The van der Waals surface area contributed by atoms with E-state index in [2.05, 4.69) is 33.2 Å². The molecule has 6 heteroatoms. The number of unbranched alkanes of at least 4 members (excludes halogenated alkanes) is 1. The van der Waals surface area contributed by atoms with Crippen molar-refractivity contribution < 1.29 is 9.53 Å². The predicted octanol–water partition coefficient (Wildman–Crippen LogP) is 3.43. The molecule has 0 radical (unpaired) electrons. The van der Waals surface area contributed by atoms with Crippen molar-refractivity contribution in [3.63, 3.8) is 0 Å². The van der Waals surface area contributed by atoms with Gasteiger partial charge in [0.05, 0.1) is 5.56 Å². The summed E-state index contributed by atoms with van der Waals surface area (Å²) in [5.41, 5.74) is 0.378. The summed E-state index contributed by atoms with van der Waals surface area (Å²) in [6, 6.07) is 1.66. The lowest BCUT2D eigenvalue weighted by Crippen LogP contribution is -2.25. The van der Waals surface area contributed by atoms with Crippen molar-refractivity contribution in [3.8, 4) is 0 Å². The normalized spacial score (nSPS) is 10.5. The minimum Gasteiger partial charge on any atom is -0.381 e. The highest BCUT2D eigenvalue weighted by Crippen LogP contribution is 2.17. The lowest BCUT2D eigenvalue weighted by Gasteiger charge is -2.07. The number of amides is 1. The van der Waals surface area contributed by atoms with Crippen LogP contribution in [0.3, 0.4) is 0 Å².